The monoisotopic (exact) mass is 523 g/mol. The van der Waals surface area contributed by atoms with E-state index >= 15 is 0 Å². The largest absolute Gasteiger partial charge is 0.369 e. The van der Waals surface area contributed by atoms with Crippen molar-refractivity contribution < 1.29 is 8.42 Å². The predicted octanol–water partition coefficient (Wildman–Crippen LogP) is 3.50. The third-order valence-electron chi connectivity index (χ3n) is 6.92. The number of hydrogen-bond donors (Lipinski definition) is 2. The van der Waals surface area contributed by atoms with Gasteiger partial charge in [0.15, 0.2) is 0 Å². The zero-order chi connectivity index (χ0) is 24.9. The lowest BCUT2D eigenvalue weighted by Crippen LogP contribution is -2.44. The number of nitrogens with zero attached hydrogens (tertiary/aromatic N) is 5. The number of sulfonamides is 1. The molecule has 0 saturated carbocycles. The second-order valence-corrected chi connectivity index (χ2v) is 12.6. The molecule has 4 aromatic rings. The maximum Gasteiger partial charge on any atom is 0.229 e. The summed E-state index contributed by atoms with van der Waals surface area (Å²) in [5.41, 5.74) is 4.81. The molecule has 188 valence electrons. The second-order valence-electron chi connectivity index (χ2n) is 9.51. The van der Waals surface area contributed by atoms with Crippen LogP contribution in [0, 0.1) is 0 Å². The summed E-state index contributed by atoms with van der Waals surface area (Å²) in [4.78, 5) is 19.9. The minimum absolute atomic E-state index is 0.413. The Kier molecular flexibility index (Phi) is 5.95. The van der Waals surface area contributed by atoms with Crippen LogP contribution >= 0.6 is 11.3 Å². The molecular formula is C25H29N7O2S2. The van der Waals surface area contributed by atoms with Gasteiger partial charge < -0.3 is 20.1 Å². The van der Waals surface area contributed by atoms with Crippen LogP contribution in [0.15, 0.2) is 42.6 Å². The van der Waals surface area contributed by atoms with Gasteiger partial charge in [0, 0.05) is 67.1 Å². The third kappa shape index (κ3) is 4.59. The summed E-state index contributed by atoms with van der Waals surface area (Å²) < 4.78 is 25.7. The Morgan fingerprint density at radius 2 is 1.89 bits per heavy atom. The van der Waals surface area contributed by atoms with E-state index in [1.165, 1.54) is 21.1 Å². The lowest BCUT2D eigenvalue weighted by atomic mass is 10.1. The van der Waals surface area contributed by atoms with Gasteiger partial charge in [-0.05, 0) is 49.4 Å². The number of hydrogen-bond acceptors (Lipinski definition) is 8. The van der Waals surface area contributed by atoms with Gasteiger partial charge in [0.25, 0.3) is 0 Å². The highest BCUT2D eigenvalue weighted by Gasteiger charge is 2.26. The van der Waals surface area contributed by atoms with Crippen molar-refractivity contribution in [2.24, 2.45) is 0 Å². The van der Waals surface area contributed by atoms with Crippen molar-refractivity contribution in [3.8, 4) is 10.6 Å². The molecular weight excluding hydrogens is 494 g/mol. The minimum Gasteiger partial charge on any atom is -0.369 e. The molecule has 0 radical (unpaired) electrons. The number of H-pyrrole nitrogens is 1. The molecule has 9 nitrogen and oxygen atoms in total. The van der Waals surface area contributed by atoms with Crippen LogP contribution in [0.4, 0.5) is 17.3 Å². The fourth-order valence-electron chi connectivity index (χ4n) is 4.87. The van der Waals surface area contributed by atoms with Gasteiger partial charge >= 0.3 is 0 Å². The number of fused-ring (bicyclic) bond motifs is 2. The summed E-state index contributed by atoms with van der Waals surface area (Å²) in [6.45, 7) is 5.06. The molecule has 0 bridgehead atoms. The van der Waals surface area contributed by atoms with E-state index in [-0.39, 0.29) is 0 Å². The number of nitrogens with one attached hydrogen (secondary N) is 2. The van der Waals surface area contributed by atoms with Gasteiger partial charge in [-0.1, -0.05) is 6.07 Å². The first-order chi connectivity index (χ1) is 17.3. The fraction of sp³-hybridized carbons (Fsp3) is 0.360. The summed E-state index contributed by atoms with van der Waals surface area (Å²) in [5.74, 6) is 0.527. The van der Waals surface area contributed by atoms with Crippen molar-refractivity contribution in [3.63, 3.8) is 0 Å². The Balaban J connectivity index is 1.30. The number of likely N-dealkylation sites (N-methyl/N-ethyl adjacent to an activating group) is 1. The molecule has 1 aromatic carbocycles. The lowest BCUT2D eigenvalue weighted by molar-refractivity contribution is 0.313. The van der Waals surface area contributed by atoms with Crippen molar-refractivity contribution in [2.75, 3.05) is 56.2 Å². The average Bonchev–Trinajstić information content (AvgIpc) is 3.50. The van der Waals surface area contributed by atoms with Crippen molar-refractivity contribution in [2.45, 2.75) is 13.0 Å². The molecule has 2 N–H and O–H groups in total. The Hall–Kier alpha value is -2.99. The maximum absolute atomic E-state index is 12.1. The molecule has 1 saturated heterocycles. The van der Waals surface area contributed by atoms with Crippen LogP contribution in [0.2, 0.25) is 0 Å². The lowest BCUT2D eigenvalue weighted by Gasteiger charge is -2.34. The van der Waals surface area contributed by atoms with Crippen molar-refractivity contribution in [1.29, 1.82) is 0 Å². The molecule has 0 unspecified atom stereocenters. The Morgan fingerprint density at radius 1 is 1.06 bits per heavy atom. The quantitative estimate of drug-likeness (QED) is 0.413. The highest BCUT2D eigenvalue weighted by Crippen LogP contribution is 2.37. The molecule has 1 fully saturated rings. The summed E-state index contributed by atoms with van der Waals surface area (Å²) in [6, 6.07) is 12.5. The summed E-state index contributed by atoms with van der Waals surface area (Å²) in [6.07, 6.45) is 3.87. The van der Waals surface area contributed by atoms with Gasteiger partial charge in [0.1, 0.15) is 5.65 Å². The SMILES string of the molecule is CN1CCN(c2cccc(Nc3nc(-c4cc5c(s4)CCN(S(C)(=O)=O)C5)c4cc[nH]c4n3)c2)CC1. The molecule has 3 aromatic heterocycles. The molecule has 36 heavy (non-hydrogen) atoms. The van der Waals surface area contributed by atoms with Crippen LogP contribution < -0.4 is 10.2 Å². The smallest absolute Gasteiger partial charge is 0.229 e. The number of rotatable bonds is 5. The van der Waals surface area contributed by atoms with E-state index < -0.39 is 10.0 Å². The number of aromatic amines is 1. The van der Waals surface area contributed by atoms with Gasteiger partial charge in [-0.25, -0.2) is 13.4 Å². The molecule has 0 amide bonds. The number of anilines is 3. The molecule has 0 spiro atoms. The van der Waals surface area contributed by atoms with E-state index in [9.17, 15) is 8.42 Å². The Morgan fingerprint density at radius 3 is 2.69 bits per heavy atom. The molecule has 11 heteroatoms. The van der Waals surface area contributed by atoms with Crippen molar-refractivity contribution in [1.82, 2.24) is 24.2 Å². The summed E-state index contributed by atoms with van der Waals surface area (Å²) in [7, 11) is -1.05. The average molecular weight is 524 g/mol. The van der Waals surface area contributed by atoms with E-state index in [4.69, 9.17) is 9.97 Å². The first-order valence-electron chi connectivity index (χ1n) is 12.1. The van der Waals surface area contributed by atoms with Crippen LogP contribution in [-0.4, -0.2) is 78.6 Å². The predicted molar refractivity (Wildman–Crippen MR) is 146 cm³/mol. The zero-order valence-electron chi connectivity index (χ0n) is 20.4. The first kappa shape index (κ1) is 23.4. The highest BCUT2D eigenvalue weighted by atomic mass is 32.2. The minimum atomic E-state index is -3.21. The van der Waals surface area contributed by atoms with Gasteiger partial charge in [-0.15, -0.1) is 11.3 Å². The molecule has 0 atom stereocenters. The molecule has 0 aliphatic carbocycles. The van der Waals surface area contributed by atoms with E-state index in [0.717, 1.165) is 65.5 Å². The number of thiophene rings is 1. The van der Waals surface area contributed by atoms with Gasteiger partial charge in [-0.3, -0.25) is 0 Å². The summed E-state index contributed by atoms with van der Waals surface area (Å²) >= 11 is 1.69. The maximum atomic E-state index is 12.1. The molecule has 6 rings (SSSR count). The van der Waals surface area contributed by atoms with Crippen molar-refractivity contribution >= 4 is 49.7 Å². The van der Waals surface area contributed by atoms with E-state index in [2.05, 4.69) is 51.4 Å². The van der Waals surface area contributed by atoms with Crippen LogP contribution in [0.1, 0.15) is 10.4 Å². The van der Waals surface area contributed by atoms with E-state index in [0.29, 0.717) is 19.0 Å². The third-order valence-corrected chi connectivity index (χ3v) is 9.41. The van der Waals surface area contributed by atoms with E-state index in [1.807, 2.05) is 18.3 Å². The topological polar surface area (TPSA) is 97.5 Å². The second kappa shape index (κ2) is 9.15. The van der Waals surface area contributed by atoms with Crippen LogP contribution in [0.3, 0.4) is 0 Å². The van der Waals surface area contributed by atoms with Gasteiger partial charge in [0.05, 0.1) is 16.8 Å². The zero-order valence-corrected chi connectivity index (χ0v) is 22.0. The van der Waals surface area contributed by atoms with Crippen molar-refractivity contribution in [3.05, 3.63) is 53.0 Å². The Bertz CT molecular complexity index is 1520. The van der Waals surface area contributed by atoms with E-state index in [1.54, 1.807) is 11.3 Å². The van der Waals surface area contributed by atoms with Gasteiger partial charge in [0.2, 0.25) is 16.0 Å². The molecule has 2 aliphatic heterocycles. The normalized spacial score (nSPS) is 17.4. The van der Waals surface area contributed by atoms with Crippen LogP contribution in [-0.2, 0) is 23.0 Å². The molecule has 5 heterocycles. The standard InChI is InChI=1S/C25H29N7O2S2/c1-30-10-12-31(13-11-30)19-5-3-4-18(15-19)27-25-28-23(20-6-8-26-24(20)29-25)22-14-17-16-32(36(2,33)34)9-7-21(17)35-22/h3-6,8,14-15H,7,9-13,16H2,1-2H3,(H2,26,27,28,29). The Labute approximate surface area is 214 Å². The highest BCUT2D eigenvalue weighted by molar-refractivity contribution is 7.88. The first-order valence-corrected chi connectivity index (χ1v) is 14.7. The van der Waals surface area contributed by atoms with Crippen LogP contribution in [0.25, 0.3) is 21.6 Å². The fourth-order valence-corrected chi connectivity index (χ4v) is 6.83. The van der Waals surface area contributed by atoms with Gasteiger partial charge in [-0.2, -0.15) is 9.29 Å². The summed E-state index contributed by atoms with van der Waals surface area (Å²) in [5, 5.41) is 4.36. The molecule has 2 aliphatic rings. The number of piperazine rings is 1. The number of aromatic nitrogens is 3. The van der Waals surface area contributed by atoms with Crippen LogP contribution in [0.5, 0.6) is 0 Å². The number of benzene rings is 1.